The van der Waals surface area contributed by atoms with Crippen LogP contribution in [0, 0.1) is 11.7 Å². The zero-order chi connectivity index (χ0) is 25.5. The molecule has 0 aliphatic heterocycles. The summed E-state index contributed by atoms with van der Waals surface area (Å²) in [6, 6.07) is 16.6. The second kappa shape index (κ2) is 12.1. The number of benzene rings is 3. The van der Waals surface area contributed by atoms with Crippen molar-refractivity contribution in [2.45, 2.75) is 83.2 Å². The minimum absolute atomic E-state index is 0.175. The maximum Gasteiger partial charge on any atom is 0.422 e. The van der Waals surface area contributed by atoms with Crippen LogP contribution in [-0.4, -0.2) is 12.8 Å². The van der Waals surface area contributed by atoms with Gasteiger partial charge in [0.05, 0.1) is 0 Å². The van der Waals surface area contributed by atoms with Gasteiger partial charge in [0.25, 0.3) is 0 Å². The van der Waals surface area contributed by atoms with Crippen LogP contribution in [0.1, 0.15) is 80.9 Å². The zero-order valence-corrected chi connectivity index (χ0v) is 21.0. The maximum absolute atomic E-state index is 15.3. The SMILES string of the molecule is CCCCCC1CCC(c2ccc3c(F)c(CCc4ccc(OCC(F)(F)F)cc4)ccc3c2)CC1. The summed E-state index contributed by atoms with van der Waals surface area (Å²) in [5.74, 6) is 1.44. The number of halogens is 4. The summed E-state index contributed by atoms with van der Waals surface area (Å²) >= 11 is 0. The van der Waals surface area contributed by atoms with Crippen LogP contribution in [0.25, 0.3) is 10.8 Å². The van der Waals surface area contributed by atoms with E-state index in [-0.39, 0.29) is 11.6 Å². The highest BCUT2D eigenvalue weighted by molar-refractivity contribution is 5.84. The highest BCUT2D eigenvalue weighted by Gasteiger charge is 2.28. The molecule has 1 nitrogen and oxygen atoms in total. The Morgan fingerprint density at radius 1 is 0.861 bits per heavy atom. The third kappa shape index (κ3) is 7.24. The van der Waals surface area contributed by atoms with E-state index >= 15 is 4.39 Å². The second-order valence-electron chi connectivity index (χ2n) is 10.3. The molecule has 4 rings (SSSR count). The summed E-state index contributed by atoms with van der Waals surface area (Å²) < 4.78 is 56.9. The van der Waals surface area contributed by atoms with Crippen molar-refractivity contribution in [3.05, 3.63) is 77.1 Å². The third-order valence-corrected chi connectivity index (χ3v) is 7.60. The lowest BCUT2D eigenvalue weighted by Gasteiger charge is -2.29. The molecule has 0 unspecified atom stereocenters. The van der Waals surface area contributed by atoms with Crippen molar-refractivity contribution in [2.24, 2.45) is 5.92 Å². The van der Waals surface area contributed by atoms with Crippen molar-refractivity contribution in [1.82, 2.24) is 0 Å². The Kier molecular flexibility index (Phi) is 8.92. The Hall–Kier alpha value is -2.56. The highest BCUT2D eigenvalue weighted by atomic mass is 19.4. The minimum Gasteiger partial charge on any atom is -0.484 e. The predicted molar refractivity (Wildman–Crippen MR) is 138 cm³/mol. The van der Waals surface area contributed by atoms with E-state index in [0.717, 1.165) is 16.9 Å². The fourth-order valence-corrected chi connectivity index (χ4v) is 5.47. The van der Waals surface area contributed by atoms with Crippen LogP contribution in [0.4, 0.5) is 17.6 Å². The Labute approximate surface area is 211 Å². The van der Waals surface area contributed by atoms with E-state index in [0.29, 0.717) is 29.7 Å². The van der Waals surface area contributed by atoms with Crippen LogP contribution in [0.15, 0.2) is 54.6 Å². The molecular weight excluding hydrogens is 464 g/mol. The zero-order valence-electron chi connectivity index (χ0n) is 21.0. The minimum atomic E-state index is -4.36. The molecule has 3 aromatic carbocycles. The Bertz CT molecular complexity index is 1110. The molecule has 1 aliphatic carbocycles. The van der Waals surface area contributed by atoms with Crippen LogP contribution >= 0.6 is 0 Å². The Morgan fingerprint density at radius 3 is 2.31 bits per heavy atom. The van der Waals surface area contributed by atoms with Gasteiger partial charge in [0.1, 0.15) is 11.6 Å². The van der Waals surface area contributed by atoms with Gasteiger partial charge in [0, 0.05) is 5.39 Å². The predicted octanol–water partition coefficient (Wildman–Crippen LogP) is 9.56. The molecule has 0 amide bonds. The molecule has 0 radical (unpaired) electrons. The van der Waals surface area contributed by atoms with Gasteiger partial charge in [0.15, 0.2) is 6.61 Å². The lowest BCUT2D eigenvalue weighted by molar-refractivity contribution is -0.153. The van der Waals surface area contributed by atoms with Crippen molar-refractivity contribution in [3.63, 3.8) is 0 Å². The van der Waals surface area contributed by atoms with E-state index in [1.165, 1.54) is 69.1 Å². The van der Waals surface area contributed by atoms with Crippen molar-refractivity contribution < 1.29 is 22.3 Å². The summed E-state index contributed by atoms with van der Waals surface area (Å²) in [4.78, 5) is 0. The van der Waals surface area contributed by atoms with Gasteiger partial charge in [-0.3, -0.25) is 0 Å². The van der Waals surface area contributed by atoms with Crippen molar-refractivity contribution >= 4 is 10.8 Å². The van der Waals surface area contributed by atoms with Crippen LogP contribution in [-0.2, 0) is 12.8 Å². The monoisotopic (exact) mass is 500 g/mol. The van der Waals surface area contributed by atoms with Gasteiger partial charge >= 0.3 is 6.18 Å². The third-order valence-electron chi connectivity index (χ3n) is 7.60. The molecule has 0 saturated heterocycles. The Morgan fingerprint density at radius 2 is 1.61 bits per heavy atom. The molecule has 1 aliphatic rings. The number of unbranched alkanes of at least 4 members (excludes halogenated alkanes) is 2. The van der Waals surface area contributed by atoms with Crippen LogP contribution in [0.5, 0.6) is 5.75 Å². The van der Waals surface area contributed by atoms with Gasteiger partial charge in [-0.1, -0.05) is 75.1 Å². The number of hydrogen-bond acceptors (Lipinski definition) is 1. The molecule has 1 saturated carbocycles. The maximum atomic E-state index is 15.3. The molecule has 36 heavy (non-hydrogen) atoms. The average molecular weight is 501 g/mol. The second-order valence-corrected chi connectivity index (χ2v) is 10.3. The number of aryl methyl sites for hydroxylation is 2. The summed E-state index contributed by atoms with van der Waals surface area (Å²) in [5.41, 5.74) is 2.91. The number of rotatable bonds is 10. The van der Waals surface area contributed by atoms with E-state index < -0.39 is 12.8 Å². The van der Waals surface area contributed by atoms with Gasteiger partial charge in [-0.25, -0.2) is 4.39 Å². The first-order valence-corrected chi connectivity index (χ1v) is 13.3. The summed E-state index contributed by atoms with van der Waals surface area (Å²) in [6.45, 7) is 0.946. The van der Waals surface area contributed by atoms with E-state index in [1.54, 1.807) is 12.1 Å². The molecule has 0 spiro atoms. The van der Waals surface area contributed by atoms with E-state index in [1.807, 2.05) is 18.2 Å². The molecule has 0 aromatic heterocycles. The number of hydrogen-bond donors (Lipinski definition) is 0. The molecule has 5 heteroatoms. The molecule has 0 heterocycles. The summed E-state index contributed by atoms with van der Waals surface area (Å²) in [5, 5.41) is 1.60. The van der Waals surface area contributed by atoms with Crippen LogP contribution < -0.4 is 4.74 Å². The molecule has 0 bridgehead atoms. The molecule has 1 fully saturated rings. The lowest BCUT2D eigenvalue weighted by Crippen LogP contribution is -2.19. The number of alkyl halides is 3. The number of ether oxygens (including phenoxy) is 1. The lowest BCUT2D eigenvalue weighted by atomic mass is 9.76. The standard InChI is InChI=1S/C31H36F4O/c1-2-3-4-5-22-6-11-24(12-7-22)26-16-19-29-27(20-26)15-14-25(30(29)32)13-8-23-9-17-28(18-10-23)36-21-31(33,34)35/h9-10,14-20,22,24H,2-8,11-13,21H2,1H3. The van der Waals surface area contributed by atoms with Crippen molar-refractivity contribution in [3.8, 4) is 5.75 Å². The molecule has 194 valence electrons. The Balaban J connectivity index is 1.34. The molecular formula is C31H36F4O. The quantitative estimate of drug-likeness (QED) is 0.199. The van der Waals surface area contributed by atoms with E-state index in [4.69, 9.17) is 4.74 Å². The molecule has 3 aromatic rings. The number of fused-ring (bicyclic) bond motifs is 1. The van der Waals surface area contributed by atoms with Crippen molar-refractivity contribution in [2.75, 3.05) is 6.61 Å². The van der Waals surface area contributed by atoms with Gasteiger partial charge in [-0.05, 0) is 84.6 Å². The van der Waals surface area contributed by atoms with Gasteiger partial charge in [-0.2, -0.15) is 13.2 Å². The molecule has 0 N–H and O–H groups in total. The fraction of sp³-hybridized carbons (Fsp3) is 0.484. The smallest absolute Gasteiger partial charge is 0.422 e. The van der Waals surface area contributed by atoms with Gasteiger partial charge < -0.3 is 4.74 Å². The van der Waals surface area contributed by atoms with Gasteiger partial charge in [-0.15, -0.1) is 0 Å². The van der Waals surface area contributed by atoms with E-state index in [9.17, 15) is 13.2 Å². The summed E-state index contributed by atoms with van der Waals surface area (Å²) in [7, 11) is 0. The first-order chi connectivity index (χ1) is 17.3. The first-order valence-electron chi connectivity index (χ1n) is 13.3. The first kappa shape index (κ1) is 26.5. The van der Waals surface area contributed by atoms with E-state index in [2.05, 4.69) is 19.1 Å². The average Bonchev–Trinajstić information content (AvgIpc) is 2.88. The molecule has 0 atom stereocenters. The highest BCUT2D eigenvalue weighted by Crippen LogP contribution is 2.39. The van der Waals surface area contributed by atoms with Gasteiger partial charge in [0.2, 0.25) is 0 Å². The van der Waals surface area contributed by atoms with Crippen LogP contribution in [0.2, 0.25) is 0 Å². The fourth-order valence-electron chi connectivity index (χ4n) is 5.47. The van der Waals surface area contributed by atoms with Crippen molar-refractivity contribution in [1.29, 1.82) is 0 Å². The normalized spacial score (nSPS) is 18.5. The summed E-state index contributed by atoms with van der Waals surface area (Å²) in [6.07, 6.45) is 7.14. The topological polar surface area (TPSA) is 9.23 Å². The van der Waals surface area contributed by atoms with Crippen LogP contribution in [0.3, 0.4) is 0 Å². The largest absolute Gasteiger partial charge is 0.484 e.